The Balaban J connectivity index is 2.31. The van der Waals surface area contributed by atoms with E-state index in [0.29, 0.717) is 0 Å². The molecule has 1 atom stereocenters. The van der Waals surface area contributed by atoms with Crippen molar-refractivity contribution in [3.05, 3.63) is 11.3 Å². The summed E-state index contributed by atoms with van der Waals surface area (Å²) >= 11 is 0. The number of hydrogen-bond acceptors (Lipinski definition) is 4. The van der Waals surface area contributed by atoms with E-state index in [0.717, 1.165) is 36.8 Å². The van der Waals surface area contributed by atoms with E-state index in [9.17, 15) is 5.11 Å². The summed E-state index contributed by atoms with van der Waals surface area (Å²) in [5.74, 6) is 1.02. The molecular formula is C11H19N3O2. The van der Waals surface area contributed by atoms with Gasteiger partial charge in [-0.15, -0.1) is 0 Å². The molecule has 0 aliphatic carbocycles. The number of anilines is 1. The lowest BCUT2D eigenvalue weighted by Crippen LogP contribution is -2.42. The average Bonchev–Trinajstić information content (AvgIpc) is 2.52. The van der Waals surface area contributed by atoms with Crippen LogP contribution >= 0.6 is 0 Å². The van der Waals surface area contributed by atoms with Crippen LogP contribution in [0.15, 0.2) is 0 Å². The van der Waals surface area contributed by atoms with Crippen molar-refractivity contribution in [2.75, 3.05) is 24.6 Å². The van der Waals surface area contributed by atoms with Gasteiger partial charge in [0.15, 0.2) is 0 Å². The van der Waals surface area contributed by atoms with Crippen molar-refractivity contribution in [2.45, 2.75) is 26.6 Å². The standard InChI is InChI=1S/C11H19N3O2/c1-8-6-14(4-5-16-8)11-10(7-15)9(2)12-13(11)3/h8,15H,4-7H2,1-3H3. The predicted molar refractivity (Wildman–Crippen MR) is 61.5 cm³/mol. The number of hydrogen-bond donors (Lipinski definition) is 1. The molecule has 1 saturated heterocycles. The Morgan fingerprint density at radius 1 is 1.56 bits per heavy atom. The maximum Gasteiger partial charge on any atom is 0.132 e. The fourth-order valence-electron chi connectivity index (χ4n) is 2.28. The molecule has 2 rings (SSSR count). The molecule has 0 saturated carbocycles. The van der Waals surface area contributed by atoms with E-state index in [4.69, 9.17) is 4.74 Å². The van der Waals surface area contributed by atoms with Crippen LogP contribution in [-0.2, 0) is 18.4 Å². The van der Waals surface area contributed by atoms with Gasteiger partial charge in [-0.05, 0) is 13.8 Å². The molecule has 16 heavy (non-hydrogen) atoms. The molecule has 1 aliphatic heterocycles. The third kappa shape index (κ3) is 1.92. The minimum atomic E-state index is 0.0424. The second-order valence-electron chi connectivity index (χ2n) is 4.30. The van der Waals surface area contributed by atoms with Crippen LogP contribution in [0.25, 0.3) is 0 Å². The molecule has 2 heterocycles. The van der Waals surface area contributed by atoms with Gasteiger partial charge in [0.25, 0.3) is 0 Å². The van der Waals surface area contributed by atoms with Gasteiger partial charge in [-0.2, -0.15) is 5.10 Å². The van der Waals surface area contributed by atoms with Crippen LogP contribution in [0.3, 0.4) is 0 Å². The summed E-state index contributed by atoms with van der Waals surface area (Å²) in [7, 11) is 1.92. The fourth-order valence-corrected chi connectivity index (χ4v) is 2.28. The Morgan fingerprint density at radius 2 is 2.31 bits per heavy atom. The fraction of sp³-hybridized carbons (Fsp3) is 0.727. The van der Waals surface area contributed by atoms with Crippen LogP contribution in [0.2, 0.25) is 0 Å². The molecule has 0 bridgehead atoms. The number of rotatable bonds is 2. The number of nitrogens with zero attached hydrogens (tertiary/aromatic N) is 3. The Kier molecular flexibility index (Phi) is 3.16. The third-order valence-electron chi connectivity index (χ3n) is 3.01. The molecule has 1 fully saturated rings. The van der Waals surface area contributed by atoms with Gasteiger partial charge in [0.2, 0.25) is 0 Å². The topological polar surface area (TPSA) is 50.5 Å². The summed E-state index contributed by atoms with van der Waals surface area (Å²) < 4.78 is 7.36. The zero-order valence-corrected chi connectivity index (χ0v) is 10.1. The molecular weight excluding hydrogens is 206 g/mol. The summed E-state index contributed by atoms with van der Waals surface area (Å²) in [6.45, 7) is 6.48. The normalized spacial score (nSPS) is 21.5. The van der Waals surface area contributed by atoms with Gasteiger partial charge in [0.05, 0.1) is 25.0 Å². The van der Waals surface area contributed by atoms with Gasteiger partial charge >= 0.3 is 0 Å². The molecule has 1 N–H and O–H groups in total. The maximum absolute atomic E-state index is 9.40. The molecule has 1 aromatic rings. The number of aliphatic hydroxyl groups is 1. The molecule has 1 aromatic heterocycles. The SMILES string of the molecule is Cc1nn(C)c(N2CCOC(C)C2)c1CO. The summed E-state index contributed by atoms with van der Waals surface area (Å²) in [6, 6.07) is 0. The highest BCUT2D eigenvalue weighted by Gasteiger charge is 2.23. The molecule has 90 valence electrons. The van der Waals surface area contributed by atoms with E-state index in [1.807, 2.05) is 18.7 Å². The van der Waals surface area contributed by atoms with E-state index >= 15 is 0 Å². The second kappa shape index (κ2) is 4.43. The second-order valence-corrected chi connectivity index (χ2v) is 4.30. The van der Waals surface area contributed by atoms with Crippen molar-refractivity contribution >= 4 is 5.82 Å². The molecule has 0 aromatic carbocycles. The molecule has 5 heteroatoms. The smallest absolute Gasteiger partial charge is 0.132 e. The van der Waals surface area contributed by atoms with Crippen molar-refractivity contribution in [3.63, 3.8) is 0 Å². The van der Waals surface area contributed by atoms with Crippen molar-refractivity contribution < 1.29 is 9.84 Å². The molecule has 0 radical (unpaired) electrons. The van der Waals surface area contributed by atoms with Crippen molar-refractivity contribution in [3.8, 4) is 0 Å². The van der Waals surface area contributed by atoms with E-state index in [1.54, 1.807) is 0 Å². The molecule has 0 spiro atoms. The van der Waals surface area contributed by atoms with Crippen molar-refractivity contribution in [1.29, 1.82) is 0 Å². The van der Waals surface area contributed by atoms with Crippen LogP contribution < -0.4 is 4.90 Å². The van der Waals surface area contributed by atoms with Gasteiger partial charge < -0.3 is 14.7 Å². The lowest BCUT2D eigenvalue weighted by Gasteiger charge is -2.33. The highest BCUT2D eigenvalue weighted by Crippen LogP contribution is 2.24. The first kappa shape index (κ1) is 11.4. The van der Waals surface area contributed by atoms with Gasteiger partial charge in [-0.3, -0.25) is 4.68 Å². The van der Waals surface area contributed by atoms with Crippen LogP contribution in [-0.4, -0.2) is 40.7 Å². The molecule has 1 unspecified atom stereocenters. The molecule has 5 nitrogen and oxygen atoms in total. The van der Waals surface area contributed by atoms with Crippen LogP contribution in [0.4, 0.5) is 5.82 Å². The molecule has 0 amide bonds. The number of aliphatic hydroxyl groups excluding tert-OH is 1. The highest BCUT2D eigenvalue weighted by molar-refractivity contribution is 5.50. The summed E-state index contributed by atoms with van der Waals surface area (Å²) in [4.78, 5) is 2.24. The van der Waals surface area contributed by atoms with Crippen LogP contribution in [0.5, 0.6) is 0 Å². The minimum Gasteiger partial charge on any atom is -0.391 e. The van der Waals surface area contributed by atoms with E-state index in [1.165, 1.54) is 0 Å². The monoisotopic (exact) mass is 225 g/mol. The van der Waals surface area contributed by atoms with Crippen molar-refractivity contribution in [1.82, 2.24) is 9.78 Å². The first-order chi connectivity index (χ1) is 7.63. The highest BCUT2D eigenvalue weighted by atomic mass is 16.5. The lowest BCUT2D eigenvalue weighted by molar-refractivity contribution is 0.0525. The Hall–Kier alpha value is -1.07. The first-order valence-corrected chi connectivity index (χ1v) is 5.63. The minimum absolute atomic E-state index is 0.0424. The zero-order valence-electron chi connectivity index (χ0n) is 10.1. The Bertz CT molecular complexity index is 376. The maximum atomic E-state index is 9.40. The number of ether oxygens (including phenoxy) is 1. The third-order valence-corrected chi connectivity index (χ3v) is 3.01. The van der Waals surface area contributed by atoms with Crippen LogP contribution in [0, 0.1) is 6.92 Å². The molecule has 1 aliphatic rings. The predicted octanol–water partition coefficient (Wildman–Crippen LogP) is 0.446. The van der Waals surface area contributed by atoms with Gasteiger partial charge in [-0.25, -0.2) is 0 Å². The lowest BCUT2D eigenvalue weighted by atomic mass is 10.2. The van der Waals surface area contributed by atoms with Gasteiger partial charge in [-0.1, -0.05) is 0 Å². The summed E-state index contributed by atoms with van der Waals surface area (Å²) in [5.41, 5.74) is 1.83. The first-order valence-electron chi connectivity index (χ1n) is 5.63. The van der Waals surface area contributed by atoms with E-state index < -0.39 is 0 Å². The largest absolute Gasteiger partial charge is 0.391 e. The van der Waals surface area contributed by atoms with Gasteiger partial charge in [0.1, 0.15) is 5.82 Å². The van der Waals surface area contributed by atoms with Crippen LogP contribution in [0.1, 0.15) is 18.2 Å². The Labute approximate surface area is 95.6 Å². The average molecular weight is 225 g/mol. The summed E-state index contributed by atoms with van der Waals surface area (Å²) in [6.07, 6.45) is 0.232. The quantitative estimate of drug-likeness (QED) is 0.794. The Morgan fingerprint density at radius 3 is 2.94 bits per heavy atom. The van der Waals surface area contributed by atoms with Gasteiger partial charge in [0, 0.05) is 25.7 Å². The van der Waals surface area contributed by atoms with E-state index in [2.05, 4.69) is 16.9 Å². The zero-order chi connectivity index (χ0) is 11.7. The van der Waals surface area contributed by atoms with Crippen molar-refractivity contribution in [2.24, 2.45) is 7.05 Å². The van der Waals surface area contributed by atoms with E-state index in [-0.39, 0.29) is 12.7 Å². The summed E-state index contributed by atoms with van der Waals surface area (Å²) in [5, 5.41) is 13.8. The number of morpholine rings is 1. The number of aromatic nitrogens is 2. The number of aryl methyl sites for hydroxylation is 2.